The molecule has 4 heteroatoms. The van der Waals surface area contributed by atoms with Crippen LogP contribution in [0, 0.1) is 0 Å². The van der Waals surface area contributed by atoms with Gasteiger partial charge < -0.3 is 15.6 Å². The smallest absolute Gasteiger partial charge is 0.323 e. The fraction of sp³-hybridized carbons (Fsp3) is 0.364. The lowest BCUT2D eigenvalue weighted by atomic mass is 9.93. The van der Waals surface area contributed by atoms with Crippen molar-refractivity contribution in [2.75, 3.05) is 7.11 Å². The third kappa shape index (κ3) is 2.70. The van der Waals surface area contributed by atoms with Crippen molar-refractivity contribution in [1.82, 2.24) is 0 Å². The summed E-state index contributed by atoms with van der Waals surface area (Å²) in [7, 11) is 1.55. The lowest BCUT2D eigenvalue weighted by Gasteiger charge is -2.20. The number of carboxylic acids is 1. The Morgan fingerprint density at radius 3 is 2.67 bits per heavy atom. The third-order valence-electron chi connectivity index (χ3n) is 2.24. The Morgan fingerprint density at radius 2 is 2.13 bits per heavy atom. The Kier molecular flexibility index (Phi) is 3.31. The van der Waals surface area contributed by atoms with Crippen molar-refractivity contribution in [2.24, 2.45) is 5.73 Å². The van der Waals surface area contributed by atoms with Gasteiger partial charge in [0.25, 0.3) is 0 Å². The zero-order valence-electron chi connectivity index (χ0n) is 8.86. The molecular weight excluding hydrogens is 194 g/mol. The molecule has 0 radical (unpaired) electrons. The van der Waals surface area contributed by atoms with Crippen LogP contribution in [0.25, 0.3) is 0 Å². The first-order chi connectivity index (χ1) is 6.97. The molecular formula is C11H15NO3. The molecule has 1 aromatic carbocycles. The highest BCUT2D eigenvalue weighted by Crippen LogP contribution is 2.21. The molecule has 4 nitrogen and oxygen atoms in total. The molecule has 0 unspecified atom stereocenters. The topological polar surface area (TPSA) is 72.5 Å². The standard InChI is InChI=1S/C11H15NO3/c1-11(12,10(13)14)7-8-5-3-4-6-9(8)15-2/h3-6H,7,12H2,1-2H3,(H,13,14)/t11-/m1/s1. The lowest BCUT2D eigenvalue weighted by molar-refractivity contribution is -0.142. The fourth-order valence-corrected chi connectivity index (χ4v) is 1.32. The molecule has 15 heavy (non-hydrogen) atoms. The molecule has 1 aromatic rings. The zero-order valence-corrected chi connectivity index (χ0v) is 8.86. The number of para-hydroxylation sites is 1. The van der Waals surface area contributed by atoms with E-state index in [1.807, 2.05) is 18.2 Å². The Bertz CT molecular complexity index is 361. The van der Waals surface area contributed by atoms with Crippen LogP contribution < -0.4 is 10.5 Å². The van der Waals surface area contributed by atoms with E-state index < -0.39 is 11.5 Å². The van der Waals surface area contributed by atoms with Gasteiger partial charge in [-0.3, -0.25) is 4.79 Å². The van der Waals surface area contributed by atoms with Crippen molar-refractivity contribution >= 4 is 5.97 Å². The van der Waals surface area contributed by atoms with Gasteiger partial charge in [0.15, 0.2) is 0 Å². The quantitative estimate of drug-likeness (QED) is 0.777. The van der Waals surface area contributed by atoms with Gasteiger partial charge in [-0.1, -0.05) is 18.2 Å². The van der Waals surface area contributed by atoms with Gasteiger partial charge in [-0.25, -0.2) is 0 Å². The highest BCUT2D eigenvalue weighted by molar-refractivity contribution is 5.78. The largest absolute Gasteiger partial charge is 0.496 e. The summed E-state index contributed by atoms with van der Waals surface area (Å²) in [6.07, 6.45) is 0.242. The molecule has 0 amide bonds. The minimum atomic E-state index is -1.27. The molecule has 1 atom stereocenters. The van der Waals surface area contributed by atoms with E-state index >= 15 is 0 Å². The monoisotopic (exact) mass is 209 g/mol. The normalized spacial score (nSPS) is 14.3. The van der Waals surface area contributed by atoms with E-state index in [2.05, 4.69) is 0 Å². The maximum Gasteiger partial charge on any atom is 0.323 e. The van der Waals surface area contributed by atoms with Crippen molar-refractivity contribution in [3.8, 4) is 5.75 Å². The van der Waals surface area contributed by atoms with E-state index in [1.165, 1.54) is 6.92 Å². The van der Waals surface area contributed by atoms with E-state index in [1.54, 1.807) is 13.2 Å². The number of carbonyl (C=O) groups is 1. The van der Waals surface area contributed by atoms with Crippen LogP contribution in [0.2, 0.25) is 0 Å². The van der Waals surface area contributed by atoms with E-state index in [9.17, 15) is 4.79 Å². The van der Waals surface area contributed by atoms with Crippen LogP contribution in [0.3, 0.4) is 0 Å². The van der Waals surface area contributed by atoms with Gasteiger partial charge in [-0.15, -0.1) is 0 Å². The molecule has 1 rings (SSSR count). The van der Waals surface area contributed by atoms with Crippen molar-refractivity contribution in [3.63, 3.8) is 0 Å². The van der Waals surface area contributed by atoms with E-state index in [4.69, 9.17) is 15.6 Å². The van der Waals surface area contributed by atoms with Gasteiger partial charge in [0.2, 0.25) is 0 Å². The minimum absolute atomic E-state index is 0.242. The number of hydrogen-bond donors (Lipinski definition) is 2. The maximum absolute atomic E-state index is 10.9. The zero-order chi connectivity index (χ0) is 11.5. The van der Waals surface area contributed by atoms with Gasteiger partial charge >= 0.3 is 5.97 Å². The summed E-state index contributed by atoms with van der Waals surface area (Å²) in [6, 6.07) is 7.26. The maximum atomic E-state index is 10.9. The predicted molar refractivity (Wildman–Crippen MR) is 56.9 cm³/mol. The van der Waals surface area contributed by atoms with Crippen LogP contribution in [0.1, 0.15) is 12.5 Å². The van der Waals surface area contributed by atoms with Gasteiger partial charge in [-0.05, 0) is 18.6 Å². The molecule has 0 spiro atoms. The van der Waals surface area contributed by atoms with Gasteiger partial charge in [-0.2, -0.15) is 0 Å². The van der Waals surface area contributed by atoms with Crippen LogP contribution in [0.5, 0.6) is 5.75 Å². The number of hydrogen-bond acceptors (Lipinski definition) is 3. The SMILES string of the molecule is COc1ccccc1C[C@@](C)(N)C(=O)O. The first-order valence-corrected chi connectivity index (χ1v) is 4.61. The number of nitrogens with two attached hydrogens (primary N) is 1. The second-order valence-corrected chi connectivity index (χ2v) is 3.71. The molecule has 0 bridgehead atoms. The number of ether oxygens (including phenoxy) is 1. The van der Waals surface area contributed by atoms with Gasteiger partial charge in [0.1, 0.15) is 11.3 Å². The van der Waals surface area contributed by atoms with Crippen molar-refractivity contribution < 1.29 is 14.6 Å². The van der Waals surface area contributed by atoms with E-state index in [0.717, 1.165) is 5.56 Å². The summed E-state index contributed by atoms with van der Waals surface area (Å²) in [6.45, 7) is 1.49. The molecule has 0 aliphatic heterocycles. The molecule has 0 heterocycles. The summed E-state index contributed by atoms with van der Waals surface area (Å²) in [5.41, 5.74) is 5.19. The first-order valence-electron chi connectivity index (χ1n) is 4.61. The number of rotatable bonds is 4. The van der Waals surface area contributed by atoms with Crippen LogP contribution in [0.4, 0.5) is 0 Å². The summed E-state index contributed by atoms with van der Waals surface area (Å²) in [4.78, 5) is 10.9. The summed E-state index contributed by atoms with van der Waals surface area (Å²) < 4.78 is 5.12. The summed E-state index contributed by atoms with van der Waals surface area (Å²) in [5, 5.41) is 8.90. The molecule has 0 aliphatic rings. The third-order valence-corrected chi connectivity index (χ3v) is 2.24. The van der Waals surface area contributed by atoms with Crippen molar-refractivity contribution in [3.05, 3.63) is 29.8 Å². The van der Waals surface area contributed by atoms with E-state index in [-0.39, 0.29) is 6.42 Å². The highest BCUT2D eigenvalue weighted by atomic mass is 16.5. The molecule has 0 aromatic heterocycles. The molecule has 0 aliphatic carbocycles. The van der Waals surface area contributed by atoms with Crippen molar-refractivity contribution in [2.45, 2.75) is 18.9 Å². The Hall–Kier alpha value is -1.55. The minimum Gasteiger partial charge on any atom is -0.496 e. The van der Waals surface area contributed by atoms with Crippen LogP contribution >= 0.6 is 0 Å². The average Bonchev–Trinajstić information content (AvgIpc) is 2.18. The first kappa shape index (κ1) is 11.5. The highest BCUT2D eigenvalue weighted by Gasteiger charge is 2.29. The lowest BCUT2D eigenvalue weighted by Crippen LogP contribution is -2.46. The van der Waals surface area contributed by atoms with Crippen LogP contribution in [-0.4, -0.2) is 23.7 Å². The predicted octanol–water partition coefficient (Wildman–Crippen LogP) is 1.04. The molecule has 82 valence electrons. The van der Waals surface area contributed by atoms with Gasteiger partial charge in [0, 0.05) is 6.42 Å². The number of methoxy groups -OCH3 is 1. The second-order valence-electron chi connectivity index (χ2n) is 3.71. The summed E-state index contributed by atoms with van der Waals surface area (Å²) >= 11 is 0. The summed E-state index contributed by atoms with van der Waals surface area (Å²) in [5.74, 6) is -0.358. The Labute approximate surface area is 88.7 Å². The molecule has 0 saturated carbocycles. The number of carboxylic acid groups (broad SMARTS) is 1. The van der Waals surface area contributed by atoms with Crippen molar-refractivity contribution in [1.29, 1.82) is 0 Å². The van der Waals surface area contributed by atoms with Crippen LogP contribution in [0.15, 0.2) is 24.3 Å². The fourth-order valence-electron chi connectivity index (χ4n) is 1.32. The Morgan fingerprint density at radius 1 is 1.53 bits per heavy atom. The number of benzene rings is 1. The van der Waals surface area contributed by atoms with E-state index in [0.29, 0.717) is 5.75 Å². The van der Waals surface area contributed by atoms with Gasteiger partial charge in [0.05, 0.1) is 7.11 Å². The Balaban J connectivity index is 2.94. The molecule has 0 saturated heterocycles. The molecule has 0 fully saturated rings. The van der Waals surface area contributed by atoms with Crippen LogP contribution in [-0.2, 0) is 11.2 Å². The number of aliphatic carboxylic acids is 1. The second kappa shape index (κ2) is 4.31. The molecule has 3 N–H and O–H groups in total. The average molecular weight is 209 g/mol.